The Kier molecular flexibility index (Phi) is 3.86. The fraction of sp³-hybridized carbons (Fsp3) is 0.294. The van der Waals surface area contributed by atoms with E-state index < -0.39 is 0 Å². The Hall–Kier alpha value is -2.54. The molecule has 1 fully saturated rings. The summed E-state index contributed by atoms with van der Waals surface area (Å²) in [7, 11) is 0. The van der Waals surface area contributed by atoms with E-state index in [0.29, 0.717) is 23.1 Å². The summed E-state index contributed by atoms with van der Waals surface area (Å²) in [4.78, 5) is 28.8. The van der Waals surface area contributed by atoms with Gasteiger partial charge in [-0.3, -0.25) is 9.59 Å². The van der Waals surface area contributed by atoms with Crippen molar-refractivity contribution >= 4 is 22.2 Å². The van der Waals surface area contributed by atoms with E-state index in [0.717, 1.165) is 24.1 Å². The molecular formula is C17H16N4O2S. The van der Waals surface area contributed by atoms with Crippen molar-refractivity contribution in [3.8, 4) is 0 Å². The van der Waals surface area contributed by atoms with Crippen LogP contribution in [0.1, 0.15) is 29.8 Å². The predicted octanol–water partition coefficient (Wildman–Crippen LogP) is 1.56. The zero-order chi connectivity index (χ0) is 16.5. The first-order valence-electron chi connectivity index (χ1n) is 7.88. The predicted molar refractivity (Wildman–Crippen MR) is 91.3 cm³/mol. The van der Waals surface area contributed by atoms with Gasteiger partial charge in [-0.05, 0) is 18.4 Å². The van der Waals surface area contributed by atoms with Gasteiger partial charge in [0.2, 0.25) is 10.9 Å². The minimum Gasteiger partial charge on any atom is -0.353 e. The number of thiazole rings is 1. The molecule has 0 atom stereocenters. The molecule has 6 nitrogen and oxygen atoms in total. The Balaban J connectivity index is 1.63. The van der Waals surface area contributed by atoms with E-state index in [9.17, 15) is 9.59 Å². The number of rotatable bonds is 5. The summed E-state index contributed by atoms with van der Waals surface area (Å²) in [6.45, 7) is 0. The highest BCUT2D eigenvalue weighted by Crippen LogP contribution is 2.19. The van der Waals surface area contributed by atoms with E-state index in [1.54, 1.807) is 4.52 Å². The summed E-state index contributed by atoms with van der Waals surface area (Å²) >= 11 is 1.33. The smallest absolute Gasteiger partial charge is 0.296 e. The number of aromatic nitrogens is 3. The van der Waals surface area contributed by atoms with E-state index in [4.69, 9.17) is 0 Å². The normalized spacial score (nSPS) is 14.0. The number of nitrogens with zero attached hydrogens (tertiary/aromatic N) is 3. The second-order valence-electron chi connectivity index (χ2n) is 5.97. The zero-order valence-corrected chi connectivity index (χ0v) is 13.8. The molecular weight excluding hydrogens is 324 g/mol. The number of hydrogen-bond acceptors (Lipinski definition) is 5. The van der Waals surface area contributed by atoms with Crippen molar-refractivity contribution in [2.24, 2.45) is 0 Å². The first-order valence-corrected chi connectivity index (χ1v) is 8.76. The number of hydrogen-bond donors (Lipinski definition) is 1. The van der Waals surface area contributed by atoms with Gasteiger partial charge in [-0.25, -0.2) is 4.52 Å². The van der Waals surface area contributed by atoms with E-state index in [2.05, 4.69) is 15.4 Å². The molecule has 0 unspecified atom stereocenters. The van der Waals surface area contributed by atoms with Crippen molar-refractivity contribution in [3.63, 3.8) is 0 Å². The molecule has 1 amide bonds. The van der Waals surface area contributed by atoms with E-state index in [-0.39, 0.29) is 17.9 Å². The molecule has 1 aliphatic rings. The van der Waals surface area contributed by atoms with Crippen LogP contribution in [0.25, 0.3) is 4.96 Å². The van der Waals surface area contributed by atoms with Crippen LogP contribution in [0.4, 0.5) is 0 Å². The molecule has 1 aliphatic carbocycles. The van der Waals surface area contributed by atoms with Crippen LogP contribution in [0.3, 0.4) is 0 Å². The molecule has 0 radical (unpaired) electrons. The third kappa shape index (κ3) is 3.21. The van der Waals surface area contributed by atoms with Crippen molar-refractivity contribution in [3.05, 3.63) is 63.0 Å². The summed E-state index contributed by atoms with van der Waals surface area (Å²) < 4.78 is 1.62. The summed E-state index contributed by atoms with van der Waals surface area (Å²) in [6.07, 6.45) is 2.80. The maximum Gasteiger partial charge on any atom is 0.296 e. The van der Waals surface area contributed by atoms with Gasteiger partial charge in [-0.2, -0.15) is 10.1 Å². The molecule has 4 rings (SSSR count). The van der Waals surface area contributed by atoms with Crippen molar-refractivity contribution < 1.29 is 4.79 Å². The van der Waals surface area contributed by atoms with Crippen molar-refractivity contribution in [1.29, 1.82) is 0 Å². The number of carbonyl (C=O) groups excluding carboxylic acids is 1. The van der Waals surface area contributed by atoms with E-state index in [1.165, 1.54) is 11.3 Å². The van der Waals surface area contributed by atoms with Gasteiger partial charge in [-0.15, -0.1) is 11.3 Å². The van der Waals surface area contributed by atoms with Crippen LogP contribution < -0.4 is 10.9 Å². The molecule has 0 spiro atoms. The summed E-state index contributed by atoms with van der Waals surface area (Å²) in [5, 5.41) is 9.26. The van der Waals surface area contributed by atoms with E-state index in [1.807, 2.05) is 35.7 Å². The molecule has 1 aromatic carbocycles. The Labute approximate surface area is 142 Å². The van der Waals surface area contributed by atoms with Crippen LogP contribution in [0.5, 0.6) is 0 Å². The third-order valence-corrected chi connectivity index (χ3v) is 4.78. The Bertz CT molecular complexity index is 944. The topological polar surface area (TPSA) is 76.4 Å². The van der Waals surface area contributed by atoms with Crippen LogP contribution in [0, 0.1) is 0 Å². The highest BCUT2D eigenvalue weighted by Gasteiger charge is 2.23. The van der Waals surface area contributed by atoms with Gasteiger partial charge in [0.05, 0.1) is 12.1 Å². The second-order valence-corrected chi connectivity index (χ2v) is 6.80. The maximum absolute atomic E-state index is 12.2. The number of amides is 1. The number of fused-ring (bicyclic) bond motifs is 1. The lowest BCUT2D eigenvalue weighted by Crippen LogP contribution is -2.28. The average molecular weight is 340 g/mol. The molecule has 7 heteroatoms. The van der Waals surface area contributed by atoms with Gasteiger partial charge in [-0.1, -0.05) is 30.3 Å². The van der Waals surface area contributed by atoms with Crippen molar-refractivity contribution in [2.45, 2.75) is 31.7 Å². The molecule has 3 aromatic rings. The monoisotopic (exact) mass is 340 g/mol. The lowest BCUT2D eigenvalue weighted by molar-refractivity contribution is -0.120. The number of benzene rings is 1. The van der Waals surface area contributed by atoms with Crippen LogP contribution in [0.2, 0.25) is 0 Å². The second kappa shape index (κ2) is 6.16. The quantitative estimate of drug-likeness (QED) is 0.765. The minimum atomic E-state index is -0.310. The fourth-order valence-electron chi connectivity index (χ4n) is 2.53. The molecule has 2 heterocycles. The third-order valence-electron chi connectivity index (χ3n) is 3.92. The average Bonchev–Trinajstić information content (AvgIpc) is 3.31. The van der Waals surface area contributed by atoms with Crippen LogP contribution in [0.15, 0.2) is 40.5 Å². The number of nitrogens with one attached hydrogen (secondary N) is 1. The molecule has 0 bridgehead atoms. The van der Waals surface area contributed by atoms with Gasteiger partial charge < -0.3 is 5.32 Å². The maximum atomic E-state index is 12.2. The van der Waals surface area contributed by atoms with Gasteiger partial charge in [0.15, 0.2) is 0 Å². The first-order chi connectivity index (χ1) is 11.7. The van der Waals surface area contributed by atoms with E-state index >= 15 is 0 Å². The summed E-state index contributed by atoms with van der Waals surface area (Å²) in [5.74, 6) is -0.0118. The Morgan fingerprint density at radius 1 is 1.29 bits per heavy atom. The lowest BCUT2D eigenvalue weighted by atomic mass is 10.1. The summed E-state index contributed by atoms with van der Waals surface area (Å²) in [6, 6.07) is 10.0. The SMILES string of the molecule is O=C(Cc1csc2nc(=O)c(Cc3ccccc3)nn12)NC1CC1. The highest BCUT2D eigenvalue weighted by molar-refractivity contribution is 7.15. The van der Waals surface area contributed by atoms with Gasteiger partial charge >= 0.3 is 0 Å². The lowest BCUT2D eigenvalue weighted by Gasteiger charge is -2.04. The molecule has 122 valence electrons. The van der Waals surface area contributed by atoms with Crippen molar-refractivity contribution in [2.75, 3.05) is 0 Å². The molecule has 1 N–H and O–H groups in total. The van der Waals surface area contributed by atoms with Crippen molar-refractivity contribution in [1.82, 2.24) is 19.9 Å². The van der Waals surface area contributed by atoms with Crippen LogP contribution >= 0.6 is 11.3 Å². The molecule has 0 aliphatic heterocycles. The number of carbonyl (C=O) groups is 1. The highest BCUT2D eigenvalue weighted by atomic mass is 32.1. The van der Waals surface area contributed by atoms with Gasteiger partial charge in [0.1, 0.15) is 5.69 Å². The Morgan fingerprint density at radius 3 is 2.83 bits per heavy atom. The largest absolute Gasteiger partial charge is 0.353 e. The van der Waals surface area contributed by atoms with Gasteiger partial charge in [0, 0.05) is 17.8 Å². The molecule has 2 aromatic heterocycles. The standard InChI is InChI=1S/C17H16N4O2S/c22-15(18-12-6-7-12)9-13-10-24-17-19-16(23)14(20-21(13)17)8-11-4-2-1-3-5-11/h1-5,10,12H,6-9H2,(H,18,22). The summed E-state index contributed by atoms with van der Waals surface area (Å²) in [5.41, 5.74) is 1.85. The molecule has 24 heavy (non-hydrogen) atoms. The van der Waals surface area contributed by atoms with Crippen LogP contribution in [-0.4, -0.2) is 26.5 Å². The Morgan fingerprint density at radius 2 is 2.08 bits per heavy atom. The minimum absolute atomic E-state index is 0.0118. The van der Waals surface area contributed by atoms with Gasteiger partial charge in [0.25, 0.3) is 5.56 Å². The van der Waals surface area contributed by atoms with Crippen LogP contribution in [-0.2, 0) is 17.6 Å². The zero-order valence-electron chi connectivity index (χ0n) is 12.9. The molecule has 1 saturated carbocycles. The fourth-order valence-corrected chi connectivity index (χ4v) is 3.34. The molecule has 0 saturated heterocycles. The first kappa shape index (κ1) is 15.0.